The highest BCUT2D eigenvalue weighted by Crippen LogP contribution is 2.32. The van der Waals surface area contributed by atoms with Gasteiger partial charge in [0.05, 0.1) is 5.60 Å². The van der Waals surface area contributed by atoms with Crippen molar-refractivity contribution in [3.8, 4) is 0 Å². The van der Waals surface area contributed by atoms with Crippen LogP contribution in [-0.4, -0.2) is 19.1 Å². The quantitative estimate of drug-likeness (QED) is 0.898. The summed E-state index contributed by atoms with van der Waals surface area (Å²) in [7, 11) is -3.91. The molecule has 0 radical (unpaired) electrons. The smallest absolute Gasteiger partial charge is 0.253 e. The summed E-state index contributed by atoms with van der Waals surface area (Å²) in [5.41, 5.74) is -2.11. The van der Waals surface area contributed by atoms with Crippen molar-refractivity contribution >= 4 is 21.4 Å². The van der Waals surface area contributed by atoms with Gasteiger partial charge in [-0.1, -0.05) is 0 Å². The summed E-state index contributed by atoms with van der Waals surface area (Å²) in [6.45, 7) is 7.84. The minimum absolute atomic E-state index is 0.0122. The first kappa shape index (κ1) is 15.6. The molecule has 0 aliphatic rings. The van der Waals surface area contributed by atoms with E-state index in [1.165, 1.54) is 19.2 Å². The van der Waals surface area contributed by atoms with Gasteiger partial charge < -0.3 is 5.11 Å². The van der Waals surface area contributed by atoms with E-state index >= 15 is 0 Å². The molecule has 0 atom stereocenters. The zero-order valence-electron chi connectivity index (χ0n) is 11.0. The van der Waals surface area contributed by atoms with Crippen LogP contribution < -0.4 is 4.72 Å². The molecule has 0 bridgehead atoms. The topological polar surface area (TPSA) is 66.4 Å². The van der Waals surface area contributed by atoms with Gasteiger partial charge in [-0.3, -0.25) is 0 Å². The summed E-state index contributed by atoms with van der Waals surface area (Å²) in [5, 5.41) is 11.1. The van der Waals surface area contributed by atoms with E-state index in [1.54, 1.807) is 20.8 Å². The van der Waals surface area contributed by atoms with Crippen molar-refractivity contribution < 1.29 is 17.9 Å². The van der Waals surface area contributed by atoms with E-state index in [1.807, 2.05) is 0 Å². The van der Waals surface area contributed by atoms with Crippen LogP contribution in [0.2, 0.25) is 0 Å². The molecular formula is C11H18FNO3S2. The van der Waals surface area contributed by atoms with Gasteiger partial charge >= 0.3 is 0 Å². The number of nitrogens with one attached hydrogen (secondary N) is 1. The first-order chi connectivity index (χ1) is 7.84. The lowest BCUT2D eigenvalue weighted by Crippen LogP contribution is -2.40. The Kier molecular flexibility index (Phi) is 3.94. The van der Waals surface area contributed by atoms with E-state index in [2.05, 4.69) is 4.72 Å². The molecule has 1 aromatic heterocycles. The summed E-state index contributed by atoms with van der Waals surface area (Å²) in [6.07, 6.45) is 0. The predicted molar refractivity (Wildman–Crippen MR) is 69.6 cm³/mol. The first-order valence-electron chi connectivity index (χ1n) is 5.38. The molecule has 0 unspecified atom stereocenters. The summed E-state index contributed by atoms with van der Waals surface area (Å²) < 4.78 is 40.0. The fraction of sp³-hybridized carbons (Fsp3) is 0.636. The molecule has 4 nitrogen and oxygen atoms in total. The van der Waals surface area contributed by atoms with E-state index in [0.717, 1.165) is 11.3 Å². The van der Waals surface area contributed by atoms with E-state index < -0.39 is 31.2 Å². The normalized spacial score (nSPS) is 13.9. The Morgan fingerprint density at radius 1 is 1.28 bits per heavy atom. The molecule has 18 heavy (non-hydrogen) atoms. The van der Waals surface area contributed by atoms with Crippen LogP contribution >= 0.6 is 11.3 Å². The molecule has 0 fully saturated rings. The Labute approximate surface area is 111 Å². The van der Waals surface area contributed by atoms with Crippen LogP contribution in [0, 0.1) is 5.82 Å². The number of halogens is 1. The van der Waals surface area contributed by atoms with Crippen LogP contribution in [0.25, 0.3) is 0 Å². The van der Waals surface area contributed by atoms with Gasteiger partial charge in [0.25, 0.3) is 10.0 Å². The van der Waals surface area contributed by atoms with Crippen LogP contribution in [0.4, 0.5) is 4.39 Å². The lowest BCUT2D eigenvalue weighted by Gasteiger charge is -2.20. The Morgan fingerprint density at radius 2 is 1.78 bits per heavy atom. The molecule has 0 spiro atoms. The van der Waals surface area contributed by atoms with Crippen molar-refractivity contribution in [2.75, 3.05) is 0 Å². The Bertz CT molecular complexity index is 536. The van der Waals surface area contributed by atoms with Gasteiger partial charge in [-0.05, 0) is 34.6 Å². The highest BCUT2D eigenvalue weighted by molar-refractivity contribution is 7.91. The van der Waals surface area contributed by atoms with Crippen molar-refractivity contribution in [2.45, 2.75) is 50.0 Å². The second kappa shape index (κ2) is 4.56. The van der Waals surface area contributed by atoms with E-state index in [0.29, 0.717) is 0 Å². The van der Waals surface area contributed by atoms with Crippen molar-refractivity contribution in [1.82, 2.24) is 4.72 Å². The van der Waals surface area contributed by atoms with Gasteiger partial charge in [0.15, 0.2) is 10.0 Å². The number of thiophene rings is 1. The standard InChI is InChI=1S/C11H18FNO3S2/c1-10(2,3)13-18(15,16)9-8(12)7(6-17-9)11(4,5)14/h6,13-14H,1-5H3. The average molecular weight is 295 g/mol. The third-order valence-corrected chi connectivity index (χ3v) is 5.29. The minimum Gasteiger partial charge on any atom is -0.386 e. The zero-order chi connectivity index (χ0) is 14.4. The SMILES string of the molecule is CC(C)(C)NS(=O)(=O)c1scc(C(C)(C)O)c1F. The third-order valence-electron chi connectivity index (χ3n) is 2.04. The summed E-state index contributed by atoms with van der Waals surface area (Å²) in [6, 6.07) is 0. The fourth-order valence-corrected chi connectivity index (χ4v) is 4.22. The maximum Gasteiger partial charge on any atom is 0.253 e. The van der Waals surface area contributed by atoms with Crippen LogP contribution in [0.15, 0.2) is 9.59 Å². The summed E-state index contributed by atoms with van der Waals surface area (Å²) in [4.78, 5) is 0. The Morgan fingerprint density at radius 3 is 2.11 bits per heavy atom. The van der Waals surface area contributed by atoms with Crippen LogP contribution in [0.3, 0.4) is 0 Å². The maximum absolute atomic E-state index is 14.0. The molecular weight excluding hydrogens is 277 g/mol. The Hall–Kier alpha value is -0.500. The van der Waals surface area contributed by atoms with E-state index in [9.17, 15) is 17.9 Å². The molecule has 0 aromatic carbocycles. The maximum atomic E-state index is 14.0. The highest BCUT2D eigenvalue weighted by atomic mass is 32.2. The second-order valence-corrected chi connectivity index (χ2v) is 8.42. The van der Waals surface area contributed by atoms with Gasteiger partial charge in [0, 0.05) is 16.5 Å². The first-order valence-corrected chi connectivity index (χ1v) is 7.75. The summed E-state index contributed by atoms with van der Waals surface area (Å²) >= 11 is 0.765. The highest BCUT2D eigenvalue weighted by Gasteiger charge is 2.32. The Balaban J connectivity index is 3.25. The second-order valence-electron chi connectivity index (χ2n) is 5.67. The molecule has 7 heteroatoms. The molecule has 0 saturated carbocycles. The molecule has 1 aromatic rings. The zero-order valence-corrected chi connectivity index (χ0v) is 12.7. The lowest BCUT2D eigenvalue weighted by molar-refractivity contribution is 0.0748. The number of sulfonamides is 1. The fourth-order valence-electron chi connectivity index (χ4n) is 1.37. The van der Waals surface area contributed by atoms with Gasteiger partial charge in [-0.25, -0.2) is 17.5 Å². The molecule has 0 aliphatic heterocycles. The van der Waals surface area contributed by atoms with E-state index in [-0.39, 0.29) is 5.56 Å². The number of aliphatic hydroxyl groups is 1. The number of hydrogen-bond donors (Lipinski definition) is 2. The minimum atomic E-state index is -3.91. The summed E-state index contributed by atoms with van der Waals surface area (Å²) in [5.74, 6) is -0.885. The van der Waals surface area contributed by atoms with Gasteiger partial charge in [-0.15, -0.1) is 11.3 Å². The third kappa shape index (κ3) is 3.50. The molecule has 104 valence electrons. The van der Waals surface area contributed by atoms with Crippen molar-refractivity contribution in [3.63, 3.8) is 0 Å². The van der Waals surface area contributed by atoms with Crippen LogP contribution in [0.5, 0.6) is 0 Å². The van der Waals surface area contributed by atoms with Crippen molar-refractivity contribution in [2.24, 2.45) is 0 Å². The molecule has 0 saturated heterocycles. The van der Waals surface area contributed by atoms with Gasteiger partial charge in [0.1, 0.15) is 0 Å². The molecule has 1 heterocycles. The van der Waals surface area contributed by atoms with Crippen LogP contribution in [-0.2, 0) is 15.6 Å². The van der Waals surface area contributed by atoms with Crippen LogP contribution in [0.1, 0.15) is 40.2 Å². The van der Waals surface area contributed by atoms with Gasteiger partial charge in [0.2, 0.25) is 0 Å². The molecule has 0 amide bonds. The number of rotatable bonds is 3. The predicted octanol–water partition coefficient (Wildman–Crippen LogP) is 2.19. The molecule has 2 N–H and O–H groups in total. The van der Waals surface area contributed by atoms with Crippen molar-refractivity contribution in [1.29, 1.82) is 0 Å². The number of hydrogen-bond acceptors (Lipinski definition) is 4. The van der Waals surface area contributed by atoms with Crippen molar-refractivity contribution in [3.05, 3.63) is 16.8 Å². The van der Waals surface area contributed by atoms with Gasteiger partial charge in [-0.2, -0.15) is 0 Å². The van der Waals surface area contributed by atoms with E-state index in [4.69, 9.17) is 0 Å². The molecule has 1 rings (SSSR count). The largest absolute Gasteiger partial charge is 0.386 e. The monoisotopic (exact) mass is 295 g/mol. The average Bonchev–Trinajstić information content (AvgIpc) is 2.41. The lowest BCUT2D eigenvalue weighted by atomic mass is 10.0. The molecule has 0 aliphatic carbocycles.